The van der Waals surface area contributed by atoms with Crippen molar-refractivity contribution in [1.29, 1.82) is 0 Å². The van der Waals surface area contributed by atoms with E-state index in [1.165, 1.54) is 0 Å². The van der Waals surface area contributed by atoms with Crippen molar-refractivity contribution >= 4 is 40.7 Å². The van der Waals surface area contributed by atoms with Gasteiger partial charge in [0, 0.05) is 23.7 Å². The van der Waals surface area contributed by atoms with Gasteiger partial charge >= 0.3 is 0 Å². The van der Waals surface area contributed by atoms with Crippen LogP contribution in [-0.4, -0.2) is 35.8 Å². The average Bonchev–Trinajstić information content (AvgIpc) is 2.58. The fourth-order valence-electron chi connectivity index (χ4n) is 3.05. The van der Waals surface area contributed by atoms with Crippen molar-refractivity contribution < 1.29 is 9.59 Å². The molecule has 4 nitrogen and oxygen atoms in total. The third kappa shape index (κ3) is 3.37. The number of benzene rings is 2. The van der Waals surface area contributed by atoms with Crippen LogP contribution in [0.3, 0.4) is 0 Å². The van der Waals surface area contributed by atoms with Crippen molar-refractivity contribution in [3.05, 3.63) is 63.6 Å². The van der Waals surface area contributed by atoms with Gasteiger partial charge in [0.25, 0.3) is 5.91 Å². The van der Waals surface area contributed by atoms with Crippen LogP contribution in [0.15, 0.2) is 42.5 Å². The maximum atomic E-state index is 12.8. The highest BCUT2D eigenvalue weighted by atomic mass is 35.5. The van der Waals surface area contributed by atoms with E-state index in [1.54, 1.807) is 41.0 Å². The molecule has 1 aliphatic rings. The largest absolute Gasteiger partial charge is 0.325 e. The minimum atomic E-state index is -0.562. The third-order valence-electron chi connectivity index (χ3n) is 4.49. The first-order chi connectivity index (χ1) is 11.9. The summed E-state index contributed by atoms with van der Waals surface area (Å²) in [6.07, 6.45) is 0. The van der Waals surface area contributed by atoms with E-state index in [0.29, 0.717) is 34.4 Å². The van der Waals surface area contributed by atoms with E-state index in [-0.39, 0.29) is 11.8 Å². The summed E-state index contributed by atoms with van der Waals surface area (Å²) in [5, 5.41) is 0.939. The van der Waals surface area contributed by atoms with Gasteiger partial charge in [-0.25, -0.2) is 0 Å². The van der Waals surface area contributed by atoms with Gasteiger partial charge in [-0.2, -0.15) is 0 Å². The zero-order chi connectivity index (χ0) is 18.1. The molecule has 25 heavy (non-hydrogen) atoms. The number of rotatable bonds is 2. The summed E-state index contributed by atoms with van der Waals surface area (Å²) in [5.41, 5.74) is 2.14. The van der Waals surface area contributed by atoms with Gasteiger partial charge in [0.2, 0.25) is 5.91 Å². The molecule has 0 N–H and O–H groups in total. The van der Waals surface area contributed by atoms with Gasteiger partial charge in [-0.3, -0.25) is 9.59 Å². The molecule has 1 heterocycles. The van der Waals surface area contributed by atoms with Crippen LogP contribution in [0.5, 0.6) is 0 Å². The van der Waals surface area contributed by atoms with Crippen molar-refractivity contribution in [3.63, 3.8) is 0 Å². The molecule has 0 saturated carbocycles. The van der Waals surface area contributed by atoms with E-state index in [9.17, 15) is 9.59 Å². The second kappa shape index (κ2) is 7.06. The Morgan fingerprint density at radius 2 is 1.84 bits per heavy atom. The van der Waals surface area contributed by atoms with Crippen LogP contribution in [0.2, 0.25) is 10.0 Å². The van der Waals surface area contributed by atoms with Crippen LogP contribution in [0.1, 0.15) is 22.8 Å². The van der Waals surface area contributed by atoms with Crippen LogP contribution in [0.4, 0.5) is 5.69 Å². The van der Waals surface area contributed by atoms with E-state index in [2.05, 4.69) is 0 Å². The van der Waals surface area contributed by atoms with Crippen molar-refractivity contribution in [2.45, 2.75) is 19.9 Å². The lowest BCUT2D eigenvalue weighted by Gasteiger charge is -2.39. The maximum absolute atomic E-state index is 12.8. The number of carbonyl (C=O) groups excluding carboxylic acids is 2. The molecule has 1 aliphatic heterocycles. The Balaban J connectivity index is 1.84. The number of carbonyl (C=O) groups is 2. The van der Waals surface area contributed by atoms with E-state index in [0.717, 1.165) is 5.56 Å². The molecule has 2 aromatic carbocycles. The van der Waals surface area contributed by atoms with E-state index in [1.807, 2.05) is 25.1 Å². The first-order valence-corrected chi connectivity index (χ1v) is 8.79. The minimum Gasteiger partial charge on any atom is -0.325 e. The summed E-state index contributed by atoms with van der Waals surface area (Å²) in [6, 6.07) is 11.9. The van der Waals surface area contributed by atoms with Crippen molar-refractivity contribution in [2.24, 2.45) is 0 Å². The number of halogens is 2. The quantitative estimate of drug-likeness (QED) is 0.788. The number of piperazine rings is 1. The monoisotopic (exact) mass is 376 g/mol. The van der Waals surface area contributed by atoms with E-state index < -0.39 is 6.04 Å². The summed E-state index contributed by atoms with van der Waals surface area (Å²) >= 11 is 12.2. The van der Waals surface area contributed by atoms with E-state index in [4.69, 9.17) is 23.2 Å². The lowest BCUT2D eigenvalue weighted by atomic mass is 10.0. The smallest absolute Gasteiger partial charge is 0.254 e. The first-order valence-electron chi connectivity index (χ1n) is 8.03. The number of anilines is 1. The molecule has 2 aromatic rings. The highest BCUT2D eigenvalue weighted by molar-refractivity contribution is 6.36. The number of aryl methyl sites for hydroxylation is 1. The molecule has 1 fully saturated rings. The lowest BCUT2D eigenvalue weighted by Crippen LogP contribution is -2.57. The van der Waals surface area contributed by atoms with Gasteiger partial charge in [-0.1, -0.05) is 41.4 Å². The van der Waals surface area contributed by atoms with Gasteiger partial charge in [-0.05, 0) is 43.7 Å². The van der Waals surface area contributed by atoms with Crippen molar-refractivity contribution in [3.8, 4) is 0 Å². The molecule has 1 saturated heterocycles. The van der Waals surface area contributed by atoms with Crippen LogP contribution < -0.4 is 4.90 Å². The van der Waals surface area contributed by atoms with Gasteiger partial charge < -0.3 is 9.80 Å². The highest BCUT2D eigenvalue weighted by Gasteiger charge is 2.36. The molecular formula is C19H18Cl2N2O2. The summed E-state index contributed by atoms with van der Waals surface area (Å²) in [4.78, 5) is 28.9. The number of nitrogens with zero attached hydrogens (tertiary/aromatic N) is 2. The number of hydrogen-bond donors (Lipinski definition) is 0. The van der Waals surface area contributed by atoms with Gasteiger partial charge in [0.15, 0.2) is 0 Å². The molecule has 2 amide bonds. The highest BCUT2D eigenvalue weighted by Crippen LogP contribution is 2.31. The Morgan fingerprint density at radius 1 is 1.12 bits per heavy atom. The molecule has 0 bridgehead atoms. The molecule has 1 unspecified atom stereocenters. The standard InChI is InChI=1S/C19H18Cl2N2O2/c1-12-5-3-4-6-15(12)19(25)22-9-10-23(18(24)13(22)2)17-8-7-14(20)11-16(17)21/h3-8,11,13H,9-10H2,1-2H3. The summed E-state index contributed by atoms with van der Waals surface area (Å²) in [5.74, 6) is -0.279. The van der Waals surface area contributed by atoms with Crippen LogP contribution in [0, 0.1) is 6.92 Å². The second-order valence-electron chi connectivity index (χ2n) is 6.08. The normalized spacial score (nSPS) is 17.8. The maximum Gasteiger partial charge on any atom is 0.254 e. The Labute approximate surface area is 156 Å². The molecule has 130 valence electrons. The number of amides is 2. The fourth-order valence-corrected chi connectivity index (χ4v) is 3.57. The Bertz CT molecular complexity index is 838. The van der Waals surface area contributed by atoms with E-state index >= 15 is 0 Å². The summed E-state index contributed by atoms with van der Waals surface area (Å²) in [7, 11) is 0. The predicted molar refractivity (Wildman–Crippen MR) is 100 cm³/mol. The molecular weight excluding hydrogens is 359 g/mol. The Kier molecular flexibility index (Phi) is 5.02. The van der Waals surface area contributed by atoms with Crippen molar-refractivity contribution in [2.75, 3.05) is 18.0 Å². The molecule has 0 aromatic heterocycles. The Morgan fingerprint density at radius 3 is 2.52 bits per heavy atom. The molecule has 3 rings (SSSR count). The second-order valence-corrected chi connectivity index (χ2v) is 6.92. The van der Waals surface area contributed by atoms with Gasteiger partial charge in [0.1, 0.15) is 6.04 Å². The predicted octanol–water partition coefficient (Wildman–Crippen LogP) is 4.18. The zero-order valence-electron chi connectivity index (χ0n) is 14.0. The van der Waals surface area contributed by atoms with Crippen molar-refractivity contribution in [1.82, 2.24) is 4.90 Å². The van der Waals surface area contributed by atoms with Gasteiger partial charge in [0.05, 0.1) is 10.7 Å². The summed E-state index contributed by atoms with van der Waals surface area (Å²) in [6.45, 7) is 4.47. The Hall–Kier alpha value is -2.04. The topological polar surface area (TPSA) is 40.6 Å². The minimum absolute atomic E-state index is 0.124. The zero-order valence-corrected chi connectivity index (χ0v) is 15.5. The molecule has 6 heteroatoms. The SMILES string of the molecule is Cc1ccccc1C(=O)N1CCN(c2ccc(Cl)cc2Cl)C(=O)C1C. The average molecular weight is 377 g/mol. The molecule has 1 atom stereocenters. The molecule has 0 spiro atoms. The van der Waals surface area contributed by atoms with Crippen LogP contribution in [-0.2, 0) is 4.79 Å². The summed E-state index contributed by atoms with van der Waals surface area (Å²) < 4.78 is 0. The molecule has 0 aliphatic carbocycles. The third-order valence-corrected chi connectivity index (χ3v) is 5.03. The number of hydrogen-bond acceptors (Lipinski definition) is 2. The van der Waals surface area contributed by atoms with Gasteiger partial charge in [-0.15, -0.1) is 0 Å². The first kappa shape index (κ1) is 17.8. The molecule has 0 radical (unpaired) electrons. The van der Waals surface area contributed by atoms with Crippen LogP contribution in [0.25, 0.3) is 0 Å². The fraction of sp³-hybridized carbons (Fsp3) is 0.263. The lowest BCUT2D eigenvalue weighted by molar-refractivity contribution is -0.124. The van der Waals surface area contributed by atoms with Crippen LogP contribution >= 0.6 is 23.2 Å².